The number of thiazole rings is 1. The minimum atomic E-state index is 0.269. The van der Waals surface area contributed by atoms with Crippen LogP contribution in [0.4, 0.5) is 0 Å². The van der Waals surface area contributed by atoms with Crippen LogP contribution in [0.1, 0.15) is 28.4 Å². The van der Waals surface area contributed by atoms with Gasteiger partial charge in [-0.15, -0.1) is 11.3 Å². The van der Waals surface area contributed by atoms with Crippen molar-refractivity contribution in [3.05, 3.63) is 58.3 Å². The molecule has 0 amide bonds. The average molecular weight is 283 g/mol. The topological polar surface area (TPSA) is 37.8 Å². The molecular weight excluding hydrogens is 266 g/mol. The molecule has 0 saturated carbocycles. The zero-order valence-corrected chi connectivity index (χ0v) is 12.4. The Hall–Kier alpha value is -1.78. The number of nitrogens with zero attached hydrogens (tertiary/aromatic N) is 2. The molecule has 2 aromatic heterocycles. The first-order valence-electron chi connectivity index (χ1n) is 6.71. The molecular formula is C16H17N3S. The number of aromatic nitrogens is 2. The second kappa shape index (κ2) is 5.69. The number of aryl methyl sites for hydroxylation is 1. The summed E-state index contributed by atoms with van der Waals surface area (Å²) >= 11 is 1.75. The number of benzene rings is 1. The minimum absolute atomic E-state index is 0.269. The van der Waals surface area contributed by atoms with Crippen molar-refractivity contribution >= 4 is 22.1 Å². The van der Waals surface area contributed by atoms with Gasteiger partial charge in [0.05, 0.1) is 6.04 Å². The maximum Gasteiger partial charge on any atom is 0.109 e. The van der Waals surface area contributed by atoms with Gasteiger partial charge in [-0.25, -0.2) is 4.98 Å². The normalized spacial score (nSPS) is 12.7. The molecule has 0 radical (unpaired) electrons. The van der Waals surface area contributed by atoms with Crippen molar-refractivity contribution in [2.45, 2.75) is 26.4 Å². The van der Waals surface area contributed by atoms with Gasteiger partial charge in [-0.2, -0.15) is 0 Å². The van der Waals surface area contributed by atoms with Crippen molar-refractivity contribution in [2.24, 2.45) is 0 Å². The van der Waals surface area contributed by atoms with Gasteiger partial charge < -0.3 is 5.32 Å². The van der Waals surface area contributed by atoms with E-state index in [2.05, 4.69) is 53.4 Å². The van der Waals surface area contributed by atoms with E-state index in [0.29, 0.717) is 0 Å². The van der Waals surface area contributed by atoms with E-state index in [1.54, 1.807) is 11.3 Å². The van der Waals surface area contributed by atoms with Gasteiger partial charge in [0.2, 0.25) is 0 Å². The summed E-state index contributed by atoms with van der Waals surface area (Å²) in [5.41, 5.74) is 1.30. The zero-order valence-electron chi connectivity index (χ0n) is 11.6. The standard InChI is InChI=1S/C16H17N3S/c1-11-8-19-16(20-11)12(2)18-10-14-5-3-4-13-9-17-7-6-15(13)14/h3-9,12,18H,10H2,1-2H3. The monoisotopic (exact) mass is 283 g/mol. The molecule has 0 aliphatic heterocycles. The van der Waals surface area contributed by atoms with Crippen LogP contribution < -0.4 is 5.32 Å². The average Bonchev–Trinajstić information content (AvgIpc) is 2.91. The quantitative estimate of drug-likeness (QED) is 0.790. The Kier molecular flexibility index (Phi) is 3.76. The molecule has 1 N–H and O–H groups in total. The van der Waals surface area contributed by atoms with Crippen LogP contribution in [-0.4, -0.2) is 9.97 Å². The molecule has 20 heavy (non-hydrogen) atoms. The smallest absolute Gasteiger partial charge is 0.109 e. The lowest BCUT2D eigenvalue weighted by Gasteiger charge is -2.12. The van der Waals surface area contributed by atoms with Crippen molar-refractivity contribution in [3.8, 4) is 0 Å². The highest BCUT2D eigenvalue weighted by molar-refractivity contribution is 7.11. The summed E-state index contributed by atoms with van der Waals surface area (Å²) in [7, 11) is 0. The first-order valence-corrected chi connectivity index (χ1v) is 7.53. The van der Waals surface area contributed by atoms with Gasteiger partial charge in [0.15, 0.2) is 0 Å². The Labute approximate surface area is 122 Å². The van der Waals surface area contributed by atoms with Crippen LogP contribution >= 0.6 is 11.3 Å². The number of pyridine rings is 1. The number of fused-ring (bicyclic) bond motifs is 1. The Morgan fingerprint density at radius 1 is 1.25 bits per heavy atom. The number of hydrogen-bond donors (Lipinski definition) is 1. The van der Waals surface area contributed by atoms with Crippen LogP contribution in [0.2, 0.25) is 0 Å². The van der Waals surface area contributed by atoms with E-state index >= 15 is 0 Å². The molecule has 1 aromatic carbocycles. The van der Waals surface area contributed by atoms with E-state index in [9.17, 15) is 0 Å². The van der Waals surface area contributed by atoms with Gasteiger partial charge >= 0.3 is 0 Å². The number of nitrogens with one attached hydrogen (secondary N) is 1. The molecule has 0 aliphatic rings. The van der Waals surface area contributed by atoms with Gasteiger partial charge in [0, 0.05) is 35.4 Å². The number of hydrogen-bond acceptors (Lipinski definition) is 4. The summed E-state index contributed by atoms with van der Waals surface area (Å²) in [6.07, 6.45) is 5.69. The summed E-state index contributed by atoms with van der Waals surface area (Å²) in [5.74, 6) is 0. The second-order valence-electron chi connectivity index (χ2n) is 4.93. The summed E-state index contributed by atoms with van der Waals surface area (Å²) < 4.78 is 0. The third kappa shape index (κ3) is 2.71. The van der Waals surface area contributed by atoms with Crippen molar-refractivity contribution < 1.29 is 0 Å². The molecule has 0 spiro atoms. The first-order chi connectivity index (χ1) is 9.74. The Morgan fingerprint density at radius 3 is 2.95 bits per heavy atom. The highest BCUT2D eigenvalue weighted by Crippen LogP contribution is 2.21. The predicted molar refractivity (Wildman–Crippen MR) is 83.8 cm³/mol. The van der Waals surface area contributed by atoms with E-state index in [1.807, 2.05) is 18.6 Å². The van der Waals surface area contributed by atoms with E-state index in [4.69, 9.17) is 0 Å². The zero-order chi connectivity index (χ0) is 13.9. The fourth-order valence-corrected chi connectivity index (χ4v) is 3.07. The molecule has 1 unspecified atom stereocenters. The highest BCUT2D eigenvalue weighted by atomic mass is 32.1. The van der Waals surface area contributed by atoms with Crippen LogP contribution in [0.3, 0.4) is 0 Å². The summed E-state index contributed by atoms with van der Waals surface area (Å²) in [4.78, 5) is 9.86. The van der Waals surface area contributed by atoms with Gasteiger partial charge in [-0.05, 0) is 30.9 Å². The molecule has 0 saturated heterocycles. The van der Waals surface area contributed by atoms with E-state index in [-0.39, 0.29) is 6.04 Å². The SMILES string of the molecule is Cc1cnc(C(C)NCc2cccc3cnccc23)s1. The van der Waals surface area contributed by atoms with Crippen LogP contribution in [0, 0.1) is 6.92 Å². The largest absolute Gasteiger partial charge is 0.304 e. The minimum Gasteiger partial charge on any atom is -0.304 e. The molecule has 0 fully saturated rings. The molecule has 3 rings (SSSR count). The molecule has 3 nitrogen and oxygen atoms in total. The molecule has 3 aromatic rings. The van der Waals surface area contributed by atoms with Crippen LogP contribution in [0.25, 0.3) is 10.8 Å². The van der Waals surface area contributed by atoms with Gasteiger partial charge in [0.25, 0.3) is 0 Å². The van der Waals surface area contributed by atoms with Crippen molar-refractivity contribution in [1.29, 1.82) is 0 Å². The maximum atomic E-state index is 4.44. The Bertz CT molecular complexity index is 715. The number of rotatable bonds is 4. The highest BCUT2D eigenvalue weighted by Gasteiger charge is 2.09. The van der Waals surface area contributed by atoms with Crippen LogP contribution in [-0.2, 0) is 6.54 Å². The van der Waals surface area contributed by atoms with E-state index in [1.165, 1.54) is 21.2 Å². The lowest BCUT2D eigenvalue weighted by Crippen LogP contribution is -2.18. The van der Waals surface area contributed by atoms with Crippen molar-refractivity contribution in [3.63, 3.8) is 0 Å². The van der Waals surface area contributed by atoms with Crippen molar-refractivity contribution in [1.82, 2.24) is 15.3 Å². The summed E-state index contributed by atoms with van der Waals surface area (Å²) in [6.45, 7) is 5.08. The van der Waals surface area contributed by atoms with Crippen molar-refractivity contribution in [2.75, 3.05) is 0 Å². The van der Waals surface area contributed by atoms with Gasteiger partial charge in [-0.1, -0.05) is 18.2 Å². The maximum absolute atomic E-state index is 4.44. The van der Waals surface area contributed by atoms with Gasteiger partial charge in [0.1, 0.15) is 5.01 Å². The molecule has 0 aliphatic carbocycles. The fraction of sp³-hybridized carbons (Fsp3) is 0.250. The lowest BCUT2D eigenvalue weighted by molar-refractivity contribution is 0.573. The van der Waals surface area contributed by atoms with E-state index in [0.717, 1.165) is 11.6 Å². The third-order valence-corrected chi connectivity index (χ3v) is 4.47. The Balaban J connectivity index is 1.77. The molecule has 2 heterocycles. The Morgan fingerprint density at radius 2 is 2.15 bits per heavy atom. The molecule has 102 valence electrons. The molecule has 1 atom stereocenters. The third-order valence-electron chi connectivity index (χ3n) is 3.38. The lowest BCUT2D eigenvalue weighted by atomic mass is 10.1. The van der Waals surface area contributed by atoms with Crippen LogP contribution in [0.15, 0.2) is 42.9 Å². The summed E-state index contributed by atoms with van der Waals surface area (Å²) in [5, 5.41) is 7.14. The van der Waals surface area contributed by atoms with E-state index < -0.39 is 0 Å². The summed E-state index contributed by atoms with van der Waals surface area (Å²) in [6, 6.07) is 8.68. The van der Waals surface area contributed by atoms with Gasteiger partial charge in [-0.3, -0.25) is 4.98 Å². The second-order valence-corrected chi connectivity index (χ2v) is 6.19. The molecule has 4 heteroatoms. The van der Waals surface area contributed by atoms with Crippen LogP contribution in [0.5, 0.6) is 0 Å². The predicted octanol–water partition coefficient (Wildman–Crippen LogP) is 3.85. The fourth-order valence-electron chi connectivity index (χ4n) is 2.27. The first kappa shape index (κ1) is 13.2. The molecule has 0 bridgehead atoms.